The molecule has 106 valence electrons. The summed E-state index contributed by atoms with van der Waals surface area (Å²) in [6.45, 7) is 2.68. The summed E-state index contributed by atoms with van der Waals surface area (Å²) in [5.74, 6) is 0.957. The van der Waals surface area contributed by atoms with E-state index in [4.69, 9.17) is 4.74 Å². The predicted molar refractivity (Wildman–Crippen MR) is 105 cm³/mol. The standard InChI is InChI=1S/C18H14I2O/c1-12-8-16(19)6-7-18(12)21-11-13-2-3-15-10-17(20)5-4-14(15)9-13/h2-10H,11H2,1H3. The summed E-state index contributed by atoms with van der Waals surface area (Å²) < 4.78 is 8.44. The van der Waals surface area contributed by atoms with Crippen molar-refractivity contribution >= 4 is 56.0 Å². The zero-order valence-electron chi connectivity index (χ0n) is 11.6. The normalized spacial score (nSPS) is 10.8. The molecule has 0 saturated carbocycles. The Morgan fingerprint density at radius 1 is 0.810 bits per heavy atom. The highest BCUT2D eigenvalue weighted by Gasteiger charge is 2.02. The smallest absolute Gasteiger partial charge is 0.122 e. The third-order valence-electron chi connectivity index (χ3n) is 3.40. The number of hydrogen-bond donors (Lipinski definition) is 0. The minimum Gasteiger partial charge on any atom is -0.489 e. The Balaban J connectivity index is 1.80. The van der Waals surface area contributed by atoms with Crippen molar-refractivity contribution in [3.05, 3.63) is 72.9 Å². The van der Waals surface area contributed by atoms with Crippen LogP contribution in [-0.2, 0) is 6.61 Å². The second-order valence-corrected chi connectivity index (χ2v) is 7.52. The first-order chi connectivity index (χ1) is 10.1. The van der Waals surface area contributed by atoms with Crippen LogP contribution in [0.4, 0.5) is 0 Å². The van der Waals surface area contributed by atoms with Crippen LogP contribution >= 0.6 is 45.2 Å². The van der Waals surface area contributed by atoms with Crippen molar-refractivity contribution in [1.29, 1.82) is 0 Å². The van der Waals surface area contributed by atoms with Gasteiger partial charge >= 0.3 is 0 Å². The van der Waals surface area contributed by atoms with Crippen LogP contribution in [0.3, 0.4) is 0 Å². The van der Waals surface area contributed by atoms with E-state index < -0.39 is 0 Å². The summed E-state index contributed by atoms with van der Waals surface area (Å²) in [6, 6.07) is 19.3. The molecule has 3 aromatic rings. The van der Waals surface area contributed by atoms with E-state index in [0.717, 1.165) is 5.75 Å². The largest absolute Gasteiger partial charge is 0.489 e. The molecule has 0 bridgehead atoms. The molecule has 0 radical (unpaired) electrons. The van der Waals surface area contributed by atoms with Gasteiger partial charge in [0.05, 0.1) is 0 Å². The molecule has 0 amide bonds. The van der Waals surface area contributed by atoms with Gasteiger partial charge in [-0.15, -0.1) is 0 Å². The summed E-state index contributed by atoms with van der Waals surface area (Å²) in [4.78, 5) is 0. The van der Waals surface area contributed by atoms with E-state index in [1.165, 1.54) is 29.0 Å². The van der Waals surface area contributed by atoms with Crippen LogP contribution < -0.4 is 4.74 Å². The van der Waals surface area contributed by atoms with Crippen LogP contribution in [0.2, 0.25) is 0 Å². The molecule has 0 aliphatic heterocycles. The molecule has 0 saturated heterocycles. The van der Waals surface area contributed by atoms with Crippen LogP contribution in [0, 0.1) is 14.1 Å². The molecule has 0 spiro atoms. The average molecular weight is 500 g/mol. The summed E-state index contributed by atoms with van der Waals surface area (Å²) in [7, 11) is 0. The van der Waals surface area contributed by atoms with Gasteiger partial charge in [-0.05, 0) is 110 Å². The Kier molecular flexibility index (Phi) is 4.69. The molecule has 0 aliphatic rings. The van der Waals surface area contributed by atoms with E-state index in [1.54, 1.807) is 0 Å². The fraction of sp³-hybridized carbons (Fsp3) is 0.111. The highest BCUT2D eigenvalue weighted by Crippen LogP contribution is 2.23. The first-order valence-electron chi connectivity index (χ1n) is 6.69. The number of benzene rings is 3. The predicted octanol–water partition coefficient (Wildman–Crippen LogP) is 5.94. The van der Waals surface area contributed by atoms with E-state index in [-0.39, 0.29) is 0 Å². The van der Waals surface area contributed by atoms with E-state index in [9.17, 15) is 0 Å². The van der Waals surface area contributed by atoms with Crippen molar-refractivity contribution in [2.45, 2.75) is 13.5 Å². The van der Waals surface area contributed by atoms with Gasteiger partial charge in [0.15, 0.2) is 0 Å². The van der Waals surface area contributed by atoms with E-state index >= 15 is 0 Å². The van der Waals surface area contributed by atoms with E-state index in [2.05, 4.69) is 101 Å². The second kappa shape index (κ2) is 6.52. The quantitative estimate of drug-likeness (QED) is 0.405. The maximum Gasteiger partial charge on any atom is 0.122 e. The molecule has 21 heavy (non-hydrogen) atoms. The van der Waals surface area contributed by atoms with Crippen molar-refractivity contribution in [2.75, 3.05) is 0 Å². The van der Waals surface area contributed by atoms with Crippen LogP contribution in [0.1, 0.15) is 11.1 Å². The molecule has 3 rings (SSSR count). The first kappa shape index (κ1) is 15.1. The van der Waals surface area contributed by atoms with Gasteiger partial charge in [-0.1, -0.05) is 18.2 Å². The molecule has 0 atom stereocenters. The zero-order chi connectivity index (χ0) is 14.8. The van der Waals surface area contributed by atoms with Gasteiger partial charge in [-0.3, -0.25) is 0 Å². The zero-order valence-corrected chi connectivity index (χ0v) is 15.9. The minimum atomic E-state index is 0.601. The van der Waals surface area contributed by atoms with Crippen molar-refractivity contribution in [3.8, 4) is 5.75 Å². The summed E-state index contributed by atoms with van der Waals surface area (Å²) >= 11 is 4.66. The monoisotopic (exact) mass is 500 g/mol. The number of halogens is 2. The Morgan fingerprint density at radius 3 is 2.29 bits per heavy atom. The summed E-state index contributed by atoms with van der Waals surface area (Å²) in [6.07, 6.45) is 0. The lowest BCUT2D eigenvalue weighted by atomic mass is 10.1. The summed E-state index contributed by atoms with van der Waals surface area (Å²) in [5.41, 5.74) is 2.37. The summed E-state index contributed by atoms with van der Waals surface area (Å²) in [5, 5.41) is 2.53. The minimum absolute atomic E-state index is 0.601. The lowest BCUT2D eigenvalue weighted by Crippen LogP contribution is -1.97. The molecule has 0 aromatic heterocycles. The first-order valence-corrected chi connectivity index (χ1v) is 8.85. The van der Waals surface area contributed by atoms with E-state index in [0.29, 0.717) is 6.61 Å². The highest BCUT2D eigenvalue weighted by molar-refractivity contribution is 14.1. The van der Waals surface area contributed by atoms with E-state index in [1.807, 2.05) is 6.07 Å². The van der Waals surface area contributed by atoms with Crippen molar-refractivity contribution < 1.29 is 4.74 Å². The molecule has 0 unspecified atom stereocenters. The second-order valence-electron chi connectivity index (χ2n) is 5.02. The van der Waals surface area contributed by atoms with Gasteiger partial charge in [0.1, 0.15) is 12.4 Å². The third-order valence-corrected chi connectivity index (χ3v) is 4.74. The number of fused-ring (bicyclic) bond motifs is 1. The van der Waals surface area contributed by atoms with Crippen molar-refractivity contribution in [1.82, 2.24) is 0 Å². The van der Waals surface area contributed by atoms with Gasteiger partial charge < -0.3 is 4.74 Å². The maximum atomic E-state index is 5.95. The number of aryl methyl sites for hydroxylation is 1. The van der Waals surface area contributed by atoms with Crippen LogP contribution in [-0.4, -0.2) is 0 Å². The molecule has 1 nitrogen and oxygen atoms in total. The molecule has 0 N–H and O–H groups in total. The van der Waals surface area contributed by atoms with Crippen molar-refractivity contribution in [2.24, 2.45) is 0 Å². The van der Waals surface area contributed by atoms with Crippen LogP contribution in [0.25, 0.3) is 10.8 Å². The average Bonchev–Trinajstić information content (AvgIpc) is 2.46. The number of hydrogen-bond acceptors (Lipinski definition) is 1. The van der Waals surface area contributed by atoms with Gasteiger partial charge in [0, 0.05) is 7.14 Å². The molecular formula is C18H14I2O. The Hall–Kier alpha value is -0.820. The van der Waals surface area contributed by atoms with Crippen LogP contribution in [0.5, 0.6) is 5.75 Å². The van der Waals surface area contributed by atoms with Gasteiger partial charge in [0.25, 0.3) is 0 Å². The Bertz CT molecular complexity index is 796. The molecule has 3 aromatic carbocycles. The SMILES string of the molecule is Cc1cc(I)ccc1OCc1ccc2cc(I)ccc2c1. The fourth-order valence-electron chi connectivity index (χ4n) is 2.29. The molecule has 3 heteroatoms. The molecule has 0 heterocycles. The van der Waals surface area contributed by atoms with Crippen molar-refractivity contribution in [3.63, 3.8) is 0 Å². The lowest BCUT2D eigenvalue weighted by Gasteiger charge is -2.10. The Morgan fingerprint density at radius 2 is 1.48 bits per heavy atom. The number of rotatable bonds is 3. The molecule has 0 aliphatic carbocycles. The van der Waals surface area contributed by atoms with Gasteiger partial charge in [-0.2, -0.15) is 0 Å². The van der Waals surface area contributed by atoms with Gasteiger partial charge in [0.2, 0.25) is 0 Å². The maximum absolute atomic E-state index is 5.95. The topological polar surface area (TPSA) is 9.23 Å². The van der Waals surface area contributed by atoms with Crippen LogP contribution in [0.15, 0.2) is 54.6 Å². The molecular weight excluding hydrogens is 486 g/mol. The van der Waals surface area contributed by atoms with Gasteiger partial charge in [-0.25, -0.2) is 0 Å². The number of ether oxygens (including phenoxy) is 1. The fourth-order valence-corrected chi connectivity index (χ4v) is 3.45. The highest BCUT2D eigenvalue weighted by atomic mass is 127. The Labute approximate surface area is 152 Å². The molecule has 0 fully saturated rings. The lowest BCUT2D eigenvalue weighted by molar-refractivity contribution is 0.304. The third kappa shape index (κ3) is 3.69.